The third-order valence-corrected chi connectivity index (χ3v) is 4.76. The molecule has 3 aromatic rings. The van der Waals surface area contributed by atoms with Crippen molar-refractivity contribution in [3.05, 3.63) is 66.1 Å². The van der Waals surface area contributed by atoms with Crippen molar-refractivity contribution in [1.82, 2.24) is 24.8 Å². The molecule has 4 rings (SSSR count). The Kier molecular flexibility index (Phi) is 6.08. The Morgan fingerprint density at radius 1 is 1.15 bits per heavy atom. The Hall–Kier alpha value is -2.16. The average Bonchev–Trinajstić information content (AvgIpc) is 3.31. The van der Waals surface area contributed by atoms with E-state index in [-0.39, 0.29) is 24.0 Å². The lowest BCUT2D eigenvalue weighted by Gasteiger charge is -2.21. The first-order valence-corrected chi connectivity index (χ1v) is 8.64. The second-order valence-corrected chi connectivity index (χ2v) is 6.29. The van der Waals surface area contributed by atoms with Crippen molar-refractivity contribution < 1.29 is 0 Å². The third kappa shape index (κ3) is 3.82. The van der Waals surface area contributed by atoms with Crippen LogP contribution in [0.1, 0.15) is 23.7 Å². The van der Waals surface area contributed by atoms with Gasteiger partial charge in [0.05, 0.1) is 6.54 Å². The van der Waals surface area contributed by atoms with Crippen LogP contribution in [-0.4, -0.2) is 45.6 Å². The Balaban J connectivity index is 0.00000196. The number of nitrogens with zero attached hydrogens (tertiary/aromatic N) is 5. The molecule has 0 saturated carbocycles. The van der Waals surface area contributed by atoms with Crippen molar-refractivity contribution in [3.63, 3.8) is 0 Å². The Morgan fingerprint density at radius 2 is 1.96 bits per heavy atom. The van der Waals surface area contributed by atoms with Crippen molar-refractivity contribution in [3.8, 4) is 0 Å². The lowest BCUT2D eigenvalue weighted by Crippen LogP contribution is -2.39. The lowest BCUT2D eigenvalue weighted by molar-refractivity contribution is 0.484. The summed E-state index contributed by atoms with van der Waals surface area (Å²) >= 11 is 0. The van der Waals surface area contributed by atoms with Crippen molar-refractivity contribution in [2.45, 2.75) is 18.9 Å². The first-order valence-electron chi connectivity index (χ1n) is 8.64. The van der Waals surface area contributed by atoms with Crippen LogP contribution in [0.15, 0.2) is 59.7 Å². The van der Waals surface area contributed by atoms with Crippen molar-refractivity contribution >= 4 is 35.6 Å². The Morgan fingerprint density at radius 3 is 2.77 bits per heavy atom. The number of pyridine rings is 1. The molecule has 0 radical (unpaired) electrons. The van der Waals surface area contributed by atoms with Gasteiger partial charge in [-0.3, -0.25) is 9.39 Å². The highest BCUT2D eigenvalue weighted by atomic mass is 127. The van der Waals surface area contributed by atoms with E-state index in [9.17, 15) is 0 Å². The fraction of sp³-hybridized carbons (Fsp3) is 0.316. The first kappa shape index (κ1) is 18.6. The number of rotatable bonds is 3. The highest BCUT2D eigenvalue weighted by Crippen LogP contribution is 2.26. The normalized spacial score (nSPS) is 17.3. The highest BCUT2D eigenvalue weighted by Gasteiger charge is 2.26. The van der Waals surface area contributed by atoms with Gasteiger partial charge >= 0.3 is 0 Å². The Bertz CT molecular complexity index is 876. The molecule has 1 aliphatic rings. The van der Waals surface area contributed by atoms with Crippen LogP contribution >= 0.6 is 24.0 Å². The second-order valence-electron chi connectivity index (χ2n) is 6.29. The van der Waals surface area contributed by atoms with Gasteiger partial charge < -0.3 is 10.2 Å². The molecule has 7 heteroatoms. The van der Waals surface area contributed by atoms with Crippen LogP contribution in [-0.2, 0) is 6.54 Å². The minimum atomic E-state index is 0. The molecular formula is C19H23IN6. The average molecular weight is 462 g/mol. The molecule has 0 amide bonds. The largest absolute Gasteiger partial charge is 0.349 e. The van der Waals surface area contributed by atoms with Crippen molar-refractivity contribution in [1.29, 1.82) is 0 Å². The fourth-order valence-corrected chi connectivity index (χ4v) is 3.45. The summed E-state index contributed by atoms with van der Waals surface area (Å²) in [6, 6.07) is 16.6. The van der Waals surface area contributed by atoms with Crippen LogP contribution in [0.4, 0.5) is 0 Å². The Labute approximate surface area is 170 Å². The van der Waals surface area contributed by atoms with Gasteiger partial charge in [0.2, 0.25) is 0 Å². The summed E-state index contributed by atoms with van der Waals surface area (Å²) in [4.78, 5) is 6.77. The highest BCUT2D eigenvalue weighted by molar-refractivity contribution is 14.0. The quantitative estimate of drug-likeness (QED) is 0.370. The van der Waals surface area contributed by atoms with Crippen molar-refractivity contribution in [2.75, 3.05) is 20.1 Å². The van der Waals surface area contributed by atoms with E-state index >= 15 is 0 Å². The van der Waals surface area contributed by atoms with E-state index < -0.39 is 0 Å². The van der Waals surface area contributed by atoms with Crippen molar-refractivity contribution in [2.24, 2.45) is 4.99 Å². The molecule has 1 unspecified atom stereocenters. The summed E-state index contributed by atoms with van der Waals surface area (Å²) in [5.74, 6) is 2.37. The zero-order chi connectivity index (χ0) is 17.1. The van der Waals surface area contributed by atoms with Gasteiger partial charge in [0.25, 0.3) is 0 Å². The molecule has 0 bridgehead atoms. The van der Waals surface area contributed by atoms with Gasteiger partial charge in [-0.2, -0.15) is 0 Å². The predicted molar refractivity (Wildman–Crippen MR) is 114 cm³/mol. The third-order valence-electron chi connectivity index (χ3n) is 4.76. The summed E-state index contributed by atoms with van der Waals surface area (Å²) < 4.78 is 2.00. The van der Waals surface area contributed by atoms with Gasteiger partial charge in [0.15, 0.2) is 17.4 Å². The minimum Gasteiger partial charge on any atom is -0.349 e. The van der Waals surface area contributed by atoms with E-state index in [1.165, 1.54) is 5.56 Å². The summed E-state index contributed by atoms with van der Waals surface area (Å²) in [5.41, 5.74) is 2.27. The van der Waals surface area contributed by atoms with Crippen LogP contribution in [0.25, 0.3) is 5.65 Å². The molecule has 1 fully saturated rings. The van der Waals surface area contributed by atoms with Gasteiger partial charge in [0.1, 0.15) is 0 Å². The van der Waals surface area contributed by atoms with E-state index in [2.05, 4.69) is 55.7 Å². The standard InChI is InChI=1S/C19H22N6.HI/c1-20-19(21-13-18-23-22-17-9-5-6-11-25(17)18)24-12-10-16(14-24)15-7-3-2-4-8-15;/h2-9,11,16H,10,12-14H2,1H3,(H,20,21);1H. The van der Waals surface area contributed by atoms with Crippen LogP contribution in [0.2, 0.25) is 0 Å². The second kappa shape index (κ2) is 8.48. The number of aliphatic imine (C=N–C) groups is 1. The molecule has 2 aromatic heterocycles. The maximum atomic E-state index is 4.45. The van der Waals surface area contributed by atoms with Crippen LogP contribution in [0.3, 0.4) is 0 Å². The number of guanidine groups is 1. The van der Waals surface area contributed by atoms with Crippen LogP contribution < -0.4 is 5.32 Å². The fourth-order valence-electron chi connectivity index (χ4n) is 3.45. The summed E-state index contributed by atoms with van der Waals surface area (Å²) in [6.45, 7) is 2.61. The molecule has 1 N–H and O–H groups in total. The van der Waals surface area contributed by atoms with Crippen LogP contribution in [0, 0.1) is 0 Å². The summed E-state index contributed by atoms with van der Waals surface area (Å²) in [6.07, 6.45) is 3.13. The monoisotopic (exact) mass is 462 g/mol. The lowest BCUT2D eigenvalue weighted by atomic mass is 9.99. The summed E-state index contributed by atoms with van der Waals surface area (Å²) in [7, 11) is 1.83. The van der Waals surface area contributed by atoms with E-state index in [1.807, 2.05) is 35.8 Å². The maximum Gasteiger partial charge on any atom is 0.194 e. The molecule has 1 atom stereocenters. The number of halogens is 1. The number of nitrogens with one attached hydrogen (secondary N) is 1. The van der Waals surface area contributed by atoms with E-state index in [1.54, 1.807) is 0 Å². The topological polar surface area (TPSA) is 57.8 Å². The molecule has 0 spiro atoms. The molecule has 6 nitrogen and oxygen atoms in total. The molecule has 136 valence electrons. The molecule has 0 aliphatic carbocycles. The molecule has 3 heterocycles. The summed E-state index contributed by atoms with van der Waals surface area (Å²) in [5, 5.41) is 11.9. The molecule has 1 saturated heterocycles. The van der Waals surface area contributed by atoms with Crippen LogP contribution in [0.5, 0.6) is 0 Å². The minimum absolute atomic E-state index is 0. The van der Waals surface area contributed by atoms with Gasteiger partial charge in [0, 0.05) is 32.3 Å². The zero-order valence-electron chi connectivity index (χ0n) is 14.7. The number of fused-ring (bicyclic) bond motifs is 1. The van der Waals surface area contributed by atoms with E-state index in [0.29, 0.717) is 12.5 Å². The van der Waals surface area contributed by atoms with Gasteiger partial charge in [-0.25, -0.2) is 0 Å². The van der Waals surface area contributed by atoms with Gasteiger partial charge in [-0.05, 0) is 24.1 Å². The van der Waals surface area contributed by atoms with Gasteiger partial charge in [-0.1, -0.05) is 36.4 Å². The number of aromatic nitrogens is 3. The zero-order valence-corrected chi connectivity index (χ0v) is 17.1. The molecule has 1 aromatic carbocycles. The molecule has 1 aliphatic heterocycles. The number of hydrogen-bond acceptors (Lipinski definition) is 3. The smallest absolute Gasteiger partial charge is 0.194 e. The number of benzene rings is 1. The van der Waals surface area contributed by atoms with E-state index in [4.69, 9.17) is 0 Å². The number of hydrogen-bond donors (Lipinski definition) is 1. The van der Waals surface area contributed by atoms with Gasteiger partial charge in [-0.15, -0.1) is 34.2 Å². The number of likely N-dealkylation sites (tertiary alicyclic amines) is 1. The first-order chi connectivity index (χ1) is 12.3. The SMILES string of the molecule is CN=C(NCc1nnc2ccccn12)N1CCC(c2ccccc2)C1.I. The predicted octanol–water partition coefficient (Wildman–Crippen LogP) is 2.91. The van der Waals surface area contributed by atoms with E-state index in [0.717, 1.165) is 36.9 Å². The molecular weight excluding hydrogens is 439 g/mol. The maximum absolute atomic E-state index is 4.45. The molecule has 26 heavy (non-hydrogen) atoms.